The second kappa shape index (κ2) is 9.23. The molecule has 5 nitrogen and oxygen atoms in total. The van der Waals surface area contributed by atoms with Gasteiger partial charge in [-0.15, -0.1) is 0 Å². The molecule has 22 heavy (non-hydrogen) atoms. The minimum absolute atomic E-state index is 0.222. The number of carbonyl (C=O) groups excluding carboxylic acids is 2. The van der Waals surface area contributed by atoms with E-state index in [2.05, 4.69) is 10.6 Å². The summed E-state index contributed by atoms with van der Waals surface area (Å²) < 4.78 is 0. The van der Waals surface area contributed by atoms with Gasteiger partial charge in [0.2, 0.25) is 5.91 Å². The second-order valence-corrected chi connectivity index (χ2v) is 5.64. The van der Waals surface area contributed by atoms with Crippen LogP contribution in [0.25, 0.3) is 6.08 Å². The minimum atomic E-state index is -0.302. The molecule has 1 aromatic rings. The van der Waals surface area contributed by atoms with Crippen molar-refractivity contribution in [3.05, 3.63) is 40.5 Å². The van der Waals surface area contributed by atoms with E-state index in [9.17, 15) is 9.59 Å². The lowest BCUT2D eigenvalue weighted by Crippen LogP contribution is -2.35. The van der Waals surface area contributed by atoms with E-state index in [1.807, 2.05) is 19.0 Å². The molecule has 0 atom stereocenters. The van der Waals surface area contributed by atoms with E-state index in [0.717, 1.165) is 18.5 Å². The molecule has 0 radical (unpaired) electrons. The molecule has 0 saturated heterocycles. The van der Waals surface area contributed by atoms with Gasteiger partial charge in [0.05, 0.1) is 0 Å². The van der Waals surface area contributed by atoms with E-state index >= 15 is 0 Å². The molecule has 0 bridgehead atoms. The number of hydrogen-bond acceptors (Lipinski definition) is 3. The number of rotatable bonds is 7. The molecule has 0 aliphatic rings. The largest absolute Gasteiger partial charge is 0.351 e. The van der Waals surface area contributed by atoms with Crippen molar-refractivity contribution in [2.45, 2.75) is 13.3 Å². The first-order valence-electron chi connectivity index (χ1n) is 7.06. The molecule has 0 aliphatic carbocycles. The Hall–Kier alpha value is -1.85. The fourth-order valence-electron chi connectivity index (χ4n) is 1.77. The van der Waals surface area contributed by atoms with Crippen LogP contribution in [-0.4, -0.2) is 43.9 Å². The van der Waals surface area contributed by atoms with Gasteiger partial charge in [0.15, 0.2) is 0 Å². The van der Waals surface area contributed by atoms with Crippen LogP contribution in [0.1, 0.15) is 18.9 Å². The van der Waals surface area contributed by atoms with E-state index in [1.54, 1.807) is 30.3 Å². The molecule has 0 fully saturated rings. The zero-order valence-electron chi connectivity index (χ0n) is 13.1. The number of halogens is 1. The molecule has 6 heteroatoms. The fraction of sp³-hybridized carbons (Fsp3) is 0.375. The predicted molar refractivity (Wildman–Crippen MR) is 89.4 cm³/mol. The zero-order valence-corrected chi connectivity index (χ0v) is 13.9. The van der Waals surface area contributed by atoms with Crippen LogP contribution in [0.4, 0.5) is 0 Å². The first-order valence-corrected chi connectivity index (χ1v) is 7.44. The Labute approximate surface area is 136 Å². The average Bonchev–Trinajstić information content (AvgIpc) is 2.44. The van der Waals surface area contributed by atoms with Crippen LogP contribution in [0.2, 0.25) is 5.02 Å². The van der Waals surface area contributed by atoms with Gasteiger partial charge in [-0.1, -0.05) is 23.7 Å². The lowest BCUT2D eigenvalue weighted by Gasteiger charge is -2.12. The average molecular weight is 324 g/mol. The van der Waals surface area contributed by atoms with Crippen molar-refractivity contribution in [1.29, 1.82) is 0 Å². The summed E-state index contributed by atoms with van der Waals surface area (Å²) in [4.78, 5) is 25.5. The topological polar surface area (TPSA) is 61.4 Å². The van der Waals surface area contributed by atoms with Crippen LogP contribution in [0.15, 0.2) is 30.0 Å². The Bertz CT molecular complexity index is 539. The summed E-state index contributed by atoms with van der Waals surface area (Å²) in [6, 6.07) is 7.02. The third-order valence-electron chi connectivity index (χ3n) is 2.80. The van der Waals surface area contributed by atoms with Crippen molar-refractivity contribution in [2.75, 3.05) is 27.2 Å². The van der Waals surface area contributed by atoms with Crippen molar-refractivity contribution in [3.8, 4) is 0 Å². The van der Waals surface area contributed by atoms with Gasteiger partial charge in [-0.05, 0) is 50.8 Å². The Balaban J connectivity index is 2.72. The number of amides is 2. The molecular formula is C16H22ClN3O2. The Morgan fingerprint density at radius 1 is 1.23 bits per heavy atom. The number of hydrogen-bond donors (Lipinski definition) is 2. The standard InChI is InChI=1S/C16H22ClN3O2/c1-12(21)19-15(11-13-5-7-14(17)8-6-13)16(22)18-9-4-10-20(2)3/h5-8,11H,4,9-10H2,1-3H3,(H,18,22)(H,19,21). The zero-order chi connectivity index (χ0) is 16.5. The molecule has 0 spiro atoms. The number of benzene rings is 1. The third kappa shape index (κ3) is 7.24. The highest BCUT2D eigenvalue weighted by Gasteiger charge is 2.10. The maximum Gasteiger partial charge on any atom is 0.267 e. The minimum Gasteiger partial charge on any atom is -0.351 e. The van der Waals surface area contributed by atoms with E-state index in [4.69, 9.17) is 11.6 Å². The Kier molecular flexibility index (Phi) is 7.63. The summed E-state index contributed by atoms with van der Waals surface area (Å²) >= 11 is 5.83. The maximum absolute atomic E-state index is 12.2. The first-order chi connectivity index (χ1) is 10.4. The molecule has 0 heterocycles. The van der Waals surface area contributed by atoms with Crippen LogP contribution in [-0.2, 0) is 9.59 Å². The highest BCUT2D eigenvalue weighted by molar-refractivity contribution is 6.30. The highest BCUT2D eigenvalue weighted by atomic mass is 35.5. The highest BCUT2D eigenvalue weighted by Crippen LogP contribution is 2.12. The number of nitrogens with one attached hydrogen (secondary N) is 2. The van der Waals surface area contributed by atoms with Crippen LogP contribution in [0.3, 0.4) is 0 Å². The summed E-state index contributed by atoms with van der Waals surface area (Å²) in [6.07, 6.45) is 2.46. The monoisotopic (exact) mass is 323 g/mol. The van der Waals surface area contributed by atoms with E-state index in [1.165, 1.54) is 6.92 Å². The molecule has 0 saturated carbocycles. The van der Waals surface area contributed by atoms with Gasteiger partial charge in [0.25, 0.3) is 5.91 Å². The molecule has 0 aromatic heterocycles. The summed E-state index contributed by atoms with van der Waals surface area (Å²) in [7, 11) is 3.95. The molecule has 0 aliphatic heterocycles. The molecule has 0 unspecified atom stereocenters. The quantitative estimate of drug-likeness (QED) is 0.595. The van der Waals surface area contributed by atoms with E-state index in [-0.39, 0.29) is 17.5 Å². The SMILES string of the molecule is CC(=O)NC(=Cc1ccc(Cl)cc1)C(=O)NCCCN(C)C. The van der Waals surface area contributed by atoms with Gasteiger partial charge in [0, 0.05) is 18.5 Å². The van der Waals surface area contributed by atoms with Crippen LogP contribution in [0, 0.1) is 0 Å². The molecule has 2 N–H and O–H groups in total. The van der Waals surface area contributed by atoms with Crippen LogP contribution >= 0.6 is 11.6 Å². The van der Waals surface area contributed by atoms with Gasteiger partial charge in [0.1, 0.15) is 5.70 Å². The molecule has 2 amide bonds. The lowest BCUT2D eigenvalue weighted by molar-refractivity contribution is -0.122. The Morgan fingerprint density at radius 3 is 2.41 bits per heavy atom. The molecule has 1 aromatic carbocycles. The maximum atomic E-state index is 12.2. The Morgan fingerprint density at radius 2 is 1.86 bits per heavy atom. The van der Waals surface area contributed by atoms with Crippen molar-refractivity contribution in [1.82, 2.24) is 15.5 Å². The number of carbonyl (C=O) groups is 2. The molecular weight excluding hydrogens is 302 g/mol. The van der Waals surface area contributed by atoms with Gasteiger partial charge >= 0.3 is 0 Å². The first kappa shape index (κ1) is 18.2. The fourth-order valence-corrected chi connectivity index (χ4v) is 1.89. The van der Waals surface area contributed by atoms with Crippen molar-refractivity contribution >= 4 is 29.5 Å². The van der Waals surface area contributed by atoms with E-state index < -0.39 is 0 Å². The molecule has 120 valence electrons. The van der Waals surface area contributed by atoms with Crippen LogP contribution < -0.4 is 10.6 Å². The van der Waals surface area contributed by atoms with Gasteiger partial charge < -0.3 is 15.5 Å². The van der Waals surface area contributed by atoms with Gasteiger partial charge in [-0.3, -0.25) is 9.59 Å². The lowest BCUT2D eigenvalue weighted by atomic mass is 10.2. The summed E-state index contributed by atoms with van der Waals surface area (Å²) in [5.74, 6) is -0.590. The van der Waals surface area contributed by atoms with Crippen molar-refractivity contribution < 1.29 is 9.59 Å². The summed E-state index contributed by atoms with van der Waals surface area (Å²) in [5.41, 5.74) is 1.01. The molecule has 1 rings (SSSR count). The smallest absolute Gasteiger partial charge is 0.267 e. The number of nitrogens with zero attached hydrogens (tertiary/aromatic N) is 1. The van der Waals surface area contributed by atoms with Gasteiger partial charge in [-0.2, -0.15) is 0 Å². The van der Waals surface area contributed by atoms with Crippen molar-refractivity contribution in [2.24, 2.45) is 0 Å². The van der Waals surface area contributed by atoms with Crippen molar-refractivity contribution in [3.63, 3.8) is 0 Å². The predicted octanol–water partition coefficient (Wildman–Crippen LogP) is 1.88. The summed E-state index contributed by atoms with van der Waals surface area (Å²) in [6.45, 7) is 2.81. The van der Waals surface area contributed by atoms with E-state index in [0.29, 0.717) is 11.6 Å². The summed E-state index contributed by atoms with van der Waals surface area (Å²) in [5, 5.41) is 5.98. The third-order valence-corrected chi connectivity index (χ3v) is 3.06. The van der Waals surface area contributed by atoms with Crippen LogP contribution in [0.5, 0.6) is 0 Å². The second-order valence-electron chi connectivity index (χ2n) is 5.20. The normalized spacial score (nSPS) is 11.4. The van der Waals surface area contributed by atoms with Gasteiger partial charge in [-0.25, -0.2) is 0 Å².